The molecule has 0 radical (unpaired) electrons. The number of nitrogens with zero attached hydrogens (tertiary/aromatic N) is 4. The summed E-state index contributed by atoms with van der Waals surface area (Å²) in [6.45, 7) is 2.35. The predicted octanol–water partition coefficient (Wildman–Crippen LogP) is 1.14. The van der Waals surface area contributed by atoms with E-state index in [1.807, 2.05) is 0 Å². The fourth-order valence-corrected chi connectivity index (χ4v) is 3.44. The monoisotopic (exact) mass is 360 g/mol. The third kappa shape index (κ3) is 3.35. The first kappa shape index (κ1) is 16.0. The molecule has 0 unspecified atom stereocenters. The molecule has 1 aliphatic rings. The Morgan fingerprint density at radius 1 is 1.24 bits per heavy atom. The van der Waals surface area contributed by atoms with Crippen molar-refractivity contribution in [2.45, 2.75) is 25.3 Å². The number of aromatic amines is 2. The molecule has 0 atom stereocenters. The minimum atomic E-state index is -0.265. The lowest BCUT2D eigenvalue weighted by Crippen LogP contribution is -2.33. The maximum absolute atomic E-state index is 12.2. The molecule has 3 aromatic heterocycles. The second-order valence-corrected chi connectivity index (χ2v) is 6.71. The lowest BCUT2D eigenvalue weighted by molar-refractivity contribution is 0.200. The van der Waals surface area contributed by atoms with Gasteiger partial charge in [0.1, 0.15) is 11.5 Å². The van der Waals surface area contributed by atoms with Crippen LogP contribution in [0.1, 0.15) is 30.3 Å². The standard InChI is InChI=1S/C16H17ClN6O2/c17-11-1-2-13-18-12(7-14(24)23(13)8-11)9-22-5-3-10(4-6-22)15-19-16(25)21-20-15/h1-2,7-8,10H,3-6,9H2,(H2,19,20,21,25). The Morgan fingerprint density at radius 3 is 2.76 bits per heavy atom. The topological polar surface area (TPSA) is 99.2 Å². The molecule has 9 heteroatoms. The van der Waals surface area contributed by atoms with Crippen molar-refractivity contribution in [3.63, 3.8) is 0 Å². The third-order valence-corrected chi connectivity index (χ3v) is 4.78. The highest BCUT2D eigenvalue weighted by molar-refractivity contribution is 6.30. The molecule has 2 N–H and O–H groups in total. The zero-order valence-corrected chi connectivity index (χ0v) is 14.2. The number of H-pyrrole nitrogens is 2. The SMILES string of the molecule is O=c1[nH]nc(C2CCN(Cc3cc(=O)n4cc(Cl)ccc4n3)CC2)[nH]1. The molecule has 1 aliphatic heterocycles. The zero-order valence-electron chi connectivity index (χ0n) is 13.4. The normalized spacial score (nSPS) is 16.5. The fourth-order valence-electron chi connectivity index (χ4n) is 3.28. The molecule has 130 valence electrons. The van der Waals surface area contributed by atoms with Crippen molar-refractivity contribution in [2.75, 3.05) is 13.1 Å². The van der Waals surface area contributed by atoms with Crippen LogP contribution >= 0.6 is 11.6 Å². The smallest absolute Gasteiger partial charge is 0.297 e. The van der Waals surface area contributed by atoms with E-state index in [-0.39, 0.29) is 17.2 Å². The van der Waals surface area contributed by atoms with E-state index in [4.69, 9.17) is 11.6 Å². The molecule has 4 heterocycles. The first-order valence-electron chi connectivity index (χ1n) is 8.13. The summed E-state index contributed by atoms with van der Waals surface area (Å²) in [5.41, 5.74) is 0.944. The fraction of sp³-hybridized carbons (Fsp3) is 0.375. The Kier molecular flexibility index (Phi) is 4.14. The Hall–Kier alpha value is -2.45. The third-order valence-electron chi connectivity index (χ3n) is 4.56. The number of nitrogens with one attached hydrogen (secondary N) is 2. The van der Waals surface area contributed by atoms with Crippen LogP contribution < -0.4 is 11.2 Å². The van der Waals surface area contributed by atoms with Gasteiger partial charge in [-0.1, -0.05) is 11.6 Å². The van der Waals surface area contributed by atoms with Gasteiger partial charge in [-0.25, -0.2) is 14.9 Å². The molecule has 0 spiro atoms. The number of rotatable bonds is 3. The van der Waals surface area contributed by atoms with E-state index in [1.165, 1.54) is 4.40 Å². The van der Waals surface area contributed by atoms with Gasteiger partial charge in [0.15, 0.2) is 0 Å². The molecule has 25 heavy (non-hydrogen) atoms. The number of piperidine rings is 1. The average molecular weight is 361 g/mol. The van der Waals surface area contributed by atoms with Gasteiger partial charge in [-0.05, 0) is 38.1 Å². The van der Waals surface area contributed by atoms with Crippen LogP contribution in [-0.4, -0.2) is 42.6 Å². The van der Waals surface area contributed by atoms with Gasteiger partial charge in [0.25, 0.3) is 5.56 Å². The molecular formula is C16H17ClN6O2. The van der Waals surface area contributed by atoms with Crippen LogP contribution in [0.5, 0.6) is 0 Å². The van der Waals surface area contributed by atoms with E-state index in [0.29, 0.717) is 17.2 Å². The van der Waals surface area contributed by atoms with Crippen LogP contribution in [0, 0.1) is 0 Å². The molecule has 0 aromatic carbocycles. The summed E-state index contributed by atoms with van der Waals surface area (Å²) in [7, 11) is 0. The van der Waals surface area contributed by atoms with E-state index in [2.05, 4.69) is 25.1 Å². The Bertz CT molecular complexity index is 1020. The Morgan fingerprint density at radius 2 is 2.04 bits per heavy atom. The van der Waals surface area contributed by atoms with Gasteiger partial charge in [0, 0.05) is 24.7 Å². The second-order valence-electron chi connectivity index (χ2n) is 6.27. The quantitative estimate of drug-likeness (QED) is 0.729. The second kappa shape index (κ2) is 6.45. The first-order valence-corrected chi connectivity index (χ1v) is 8.51. The molecule has 0 amide bonds. The van der Waals surface area contributed by atoms with E-state index >= 15 is 0 Å². The zero-order chi connectivity index (χ0) is 17.4. The number of halogens is 1. The lowest BCUT2D eigenvalue weighted by Gasteiger charge is -2.30. The van der Waals surface area contributed by atoms with Crippen molar-refractivity contribution >= 4 is 17.2 Å². The Balaban J connectivity index is 1.46. The summed E-state index contributed by atoms with van der Waals surface area (Å²) >= 11 is 5.93. The number of likely N-dealkylation sites (tertiary alicyclic amines) is 1. The van der Waals surface area contributed by atoms with E-state index in [9.17, 15) is 9.59 Å². The largest absolute Gasteiger partial charge is 0.340 e. The van der Waals surface area contributed by atoms with Gasteiger partial charge in [-0.3, -0.25) is 19.1 Å². The number of hydrogen-bond donors (Lipinski definition) is 2. The van der Waals surface area contributed by atoms with Crippen LogP contribution in [0.15, 0.2) is 34.0 Å². The van der Waals surface area contributed by atoms with Gasteiger partial charge < -0.3 is 0 Å². The summed E-state index contributed by atoms with van der Waals surface area (Å²) in [6.07, 6.45) is 3.39. The molecule has 1 fully saturated rings. The molecule has 0 bridgehead atoms. The number of hydrogen-bond acceptors (Lipinski definition) is 5. The van der Waals surface area contributed by atoms with Crippen LogP contribution in [-0.2, 0) is 6.54 Å². The molecule has 8 nitrogen and oxygen atoms in total. The number of pyridine rings is 1. The van der Waals surface area contributed by atoms with E-state index in [1.54, 1.807) is 24.4 Å². The van der Waals surface area contributed by atoms with E-state index in [0.717, 1.165) is 37.4 Å². The van der Waals surface area contributed by atoms with Crippen LogP contribution in [0.2, 0.25) is 5.02 Å². The summed E-state index contributed by atoms with van der Waals surface area (Å²) in [4.78, 5) is 32.9. The van der Waals surface area contributed by atoms with Crippen LogP contribution in [0.3, 0.4) is 0 Å². The summed E-state index contributed by atoms with van der Waals surface area (Å²) in [5.74, 6) is 0.983. The summed E-state index contributed by atoms with van der Waals surface area (Å²) in [5, 5.41) is 6.94. The highest BCUT2D eigenvalue weighted by atomic mass is 35.5. The first-order chi connectivity index (χ1) is 12.1. The van der Waals surface area contributed by atoms with Crippen molar-refractivity contribution in [3.8, 4) is 0 Å². The molecule has 4 rings (SSSR count). The minimum absolute atomic E-state index is 0.133. The number of fused-ring (bicyclic) bond motifs is 1. The van der Waals surface area contributed by atoms with Crippen molar-refractivity contribution in [1.29, 1.82) is 0 Å². The summed E-state index contributed by atoms with van der Waals surface area (Å²) < 4.78 is 1.45. The Labute approximate surface area is 147 Å². The molecule has 1 saturated heterocycles. The summed E-state index contributed by atoms with van der Waals surface area (Å²) in [6, 6.07) is 5.03. The molecule has 0 saturated carbocycles. The van der Waals surface area contributed by atoms with Crippen LogP contribution in [0.25, 0.3) is 5.65 Å². The highest BCUT2D eigenvalue weighted by Crippen LogP contribution is 2.25. The average Bonchev–Trinajstić information content (AvgIpc) is 3.03. The number of aromatic nitrogens is 5. The van der Waals surface area contributed by atoms with Gasteiger partial charge in [-0.2, -0.15) is 5.10 Å². The van der Waals surface area contributed by atoms with Gasteiger partial charge in [0.2, 0.25) is 0 Å². The van der Waals surface area contributed by atoms with Gasteiger partial charge >= 0.3 is 5.69 Å². The van der Waals surface area contributed by atoms with Crippen molar-refractivity contribution in [3.05, 3.63) is 61.8 Å². The molecule has 0 aliphatic carbocycles. The van der Waals surface area contributed by atoms with Crippen molar-refractivity contribution in [1.82, 2.24) is 29.5 Å². The van der Waals surface area contributed by atoms with Gasteiger partial charge in [0.05, 0.1) is 10.7 Å². The van der Waals surface area contributed by atoms with Crippen molar-refractivity contribution < 1.29 is 0 Å². The van der Waals surface area contributed by atoms with Crippen molar-refractivity contribution in [2.24, 2.45) is 0 Å². The predicted molar refractivity (Wildman–Crippen MR) is 92.9 cm³/mol. The van der Waals surface area contributed by atoms with Gasteiger partial charge in [-0.15, -0.1) is 0 Å². The minimum Gasteiger partial charge on any atom is -0.297 e. The molecule has 3 aromatic rings. The lowest BCUT2D eigenvalue weighted by atomic mass is 9.96. The van der Waals surface area contributed by atoms with Crippen LogP contribution in [0.4, 0.5) is 0 Å². The van der Waals surface area contributed by atoms with E-state index < -0.39 is 0 Å². The highest BCUT2D eigenvalue weighted by Gasteiger charge is 2.23. The molecular weight excluding hydrogens is 344 g/mol. The maximum Gasteiger partial charge on any atom is 0.340 e. The maximum atomic E-state index is 12.2.